The Morgan fingerprint density at radius 1 is 0.221 bits per heavy atom. The highest BCUT2D eigenvalue weighted by molar-refractivity contribution is 6.23. The fourth-order valence-electron chi connectivity index (χ4n) is 10.2. The molecule has 11 aromatic carbocycles. The molecule has 13 rings (SSSR count). The molecular weight excluding hydrogens is 823 g/mol. The Morgan fingerprint density at radius 2 is 0.662 bits per heavy atom. The van der Waals surface area contributed by atoms with E-state index in [2.05, 4.69) is 243 Å². The van der Waals surface area contributed by atoms with Gasteiger partial charge in [-0.2, -0.15) is 0 Å². The summed E-state index contributed by atoms with van der Waals surface area (Å²) in [6.45, 7) is 0. The monoisotopic (exact) mass is 863 g/mol. The van der Waals surface area contributed by atoms with Crippen molar-refractivity contribution in [2.24, 2.45) is 0 Å². The molecule has 0 saturated heterocycles. The summed E-state index contributed by atoms with van der Waals surface area (Å²) in [6, 6.07) is 86.9. The van der Waals surface area contributed by atoms with Crippen molar-refractivity contribution < 1.29 is 0 Å². The molecule has 13 aromatic rings. The van der Waals surface area contributed by atoms with Gasteiger partial charge in [0.25, 0.3) is 0 Å². The molecule has 0 aliphatic heterocycles. The third kappa shape index (κ3) is 6.88. The van der Waals surface area contributed by atoms with Gasteiger partial charge in [0.15, 0.2) is 0 Å². The van der Waals surface area contributed by atoms with Crippen molar-refractivity contribution in [3.8, 4) is 78.3 Å². The summed E-state index contributed by atoms with van der Waals surface area (Å²) in [4.78, 5) is 16.3. The van der Waals surface area contributed by atoms with Gasteiger partial charge in [0, 0.05) is 27.5 Å². The van der Waals surface area contributed by atoms with Crippen LogP contribution >= 0.6 is 0 Å². The average molecular weight is 864 g/mol. The fraction of sp³-hybridized carbons (Fsp3) is 0. The SMILES string of the molecule is c1ccc(-c2ccc(-c3cc(-c4ccccc4-c4ccccc4)cc(-c4cc(-c5cnc6c7ccccc7c7ccccc7c6n5)cc(-c5cc6ccccc6c6ccccc56)c4)n3)cc2)cc1. The Labute approximate surface area is 394 Å². The first-order valence-electron chi connectivity index (χ1n) is 23.2. The molecule has 316 valence electrons. The van der Waals surface area contributed by atoms with Gasteiger partial charge >= 0.3 is 0 Å². The molecule has 0 atom stereocenters. The number of aromatic nitrogens is 3. The zero-order valence-electron chi connectivity index (χ0n) is 37.0. The number of hydrogen-bond acceptors (Lipinski definition) is 3. The summed E-state index contributed by atoms with van der Waals surface area (Å²) in [5.41, 5.74) is 16.5. The smallest absolute Gasteiger partial charge is 0.0979 e. The third-order valence-corrected chi connectivity index (χ3v) is 13.5. The molecule has 0 spiro atoms. The molecule has 68 heavy (non-hydrogen) atoms. The van der Waals surface area contributed by atoms with Gasteiger partial charge < -0.3 is 0 Å². The van der Waals surface area contributed by atoms with Crippen LogP contribution in [0.2, 0.25) is 0 Å². The van der Waals surface area contributed by atoms with E-state index in [1.54, 1.807) is 0 Å². The van der Waals surface area contributed by atoms with E-state index in [1.165, 1.54) is 43.4 Å². The molecule has 0 unspecified atom stereocenters. The predicted molar refractivity (Wildman–Crippen MR) is 285 cm³/mol. The van der Waals surface area contributed by atoms with E-state index >= 15 is 0 Å². The van der Waals surface area contributed by atoms with E-state index in [0.29, 0.717) is 0 Å². The minimum absolute atomic E-state index is 0.799. The van der Waals surface area contributed by atoms with Crippen molar-refractivity contribution in [1.82, 2.24) is 15.0 Å². The van der Waals surface area contributed by atoms with Crippen molar-refractivity contribution in [2.45, 2.75) is 0 Å². The maximum Gasteiger partial charge on any atom is 0.0979 e. The summed E-state index contributed by atoms with van der Waals surface area (Å²) in [6.07, 6.45) is 1.95. The minimum Gasteiger partial charge on any atom is -0.252 e. The fourth-order valence-corrected chi connectivity index (χ4v) is 10.2. The molecule has 0 aliphatic carbocycles. The minimum atomic E-state index is 0.799. The lowest BCUT2D eigenvalue weighted by molar-refractivity contribution is 1.30. The Morgan fingerprint density at radius 3 is 1.34 bits per heavy atom. The Kier molecular flexibility index (Phi) is 9.50. The first kappa shape index (κ1) is 39.3. The van der Waals surface area contributed by atoms with Crippen LogP contribution in [0.15, 0.2) is 249 Å². The topological polar surface area (TPSA) is 38.7 Å². The molecule has 0 radical (unpaired) electrons. The molecule has 3 heteroatoms. The highest BCUT2D eigenvalue weighted by Gasteiger charge is 2.18. The molecule has 0 bridgehead atoms. The molecule has 0 fully saturated rings. The highest BCUT2D eigenvalue weighted by Crippen LogP contribution is 2.42. The number of nitrogens with zero attached hydrogens (tertiary/aromatic N) is 3. The van der Waals surface area contributed by atoms with Crippen molar-refractivity contribution >= 4 is 54.1 Å². The number of rotatable bonds is 7. The van der Waals surface area contributed by atoms with Gasteiger partial charge in [-0.05, 0) is 113 Å². The van der Waals surface area contributed by atoms with E-state index in [4.69, 9.17) is 15.0 Å². The van der Waals surface area contributed by atoms with Gasteiger partial charge in [-0.25, -0.2) is 9.97 Å². The first-order valence-corrected chi connectivity index (χ1v) is 23.2. The Balaban J connectivity index is 1.07. The van der Waals surface area contributed by atoms with Gasteiger partial charge in [0.05, 0.1) is 34.3 Å². The van der Waals surface area contributed by atoms with Crippen LogP contribution in [-0.2, 0) is 0 Å². The largest absolute Gasteiger partial charge is 0.252 e. The van der Waals surface area contributed by atoms with Crippen molar-refractivity contribution in [1.29, 1.82) is 0 Å². The van der Waals surface area contributed by atoms with Crippen molar-refractivity contribution in [2.75, 3.05) is 0 Å². The summed E-state index contributed by atoms with van der Waals surface area (Å²) in [7, 11) is 0. The lowest BCUT2D eigenvalue weighted by atomic mass is 9.89. The van der Waals surface area contributed by atoms with Crippen LogP contribution in [0.4, 0.5) is 0 Å². The number of fused-ring (bicyclic) bond motifs is 9. The maximum atomic E-state index is 5.58. The van der Waals surface area contributed by atoms with Gasteiger partial charge in [-0.1, -0.05) is 206 Å². The van der Waals surface area contributed by atoms with Gasteiger partial charge in [-0.15, -0.1) is 0 Å². The number of pyridine rings is 1. The van der Waals surface area contributed by atoms with Crippen LogP contribution in [0.25, 0.3) is 132 Å². The van der Waals surface area contributed by atoms with E-state index in [9.17, 15) is 0 Å². The van der Waals surface area contributed by atoms with Crippen LogP contribution in [0.5, 0.6) is 0 Å². The summed E-state index contributed by atoms with van der Waals surface area (Å²) < 4.78 is 0. The molecular formula is C65H41N3. The molecule has 0 N–H and O–H groups in total. The molecule has 0 saturated carbocycles. The maximum absolute atomic E-state index is 5.58. The summed E-state index contributed by atoms with van der Waals surface area (Å²) >= 11 is 0. The zero-order valence-corrected chi connectivity index (χ0v) is 37.0. The number of hydrogen-bond donors (Lipinski definition) is 0. The molecule has 0 aliphatic rings. The lowest BCUT2D eigenvalue weighted by Gasteiger charge is -2.17. The van der Waals surface area contributed by atoms with Crippen LogP contribution in [-0.4, -0.2) is 15.0 Å². The molecule has 3 nitrogen and oxygen atoms in total. The van der Waals surface area contributed by atoms with Crippen LogP contribution in [0, 0.1) is 0 Å². The van der Waals surface area contributed by atoms with Crippen molar-refractivity contribution in [3.63, 3.8) is 0 Å². The second kappa shape index (κ2) is 16.4. The van der Waals surface area contributed by atoms with E-state index < -0.39 is 0 Å². The van der Waals surface area contributed by atoms with E-state index in [1.807, 2.05) is 6.20 Å². The third-order valence-electron chi connectivity index (χ3n) is 13.5. The predicted octanol–water partition coefficient (Wildman–Crippen LogP) is 17.3. The zero-order chi connectivity index (χ0) is 45.0. The second-order valence-electron chi connectivity index (χ2n) is 17.5. The second-order valence-corrected chi connectivity index (χ2v) is 17.5. The molecule has 2 aromatic heterocycles. The van der Waals surface area contributed by atoms with Gasteiger partial charge in [-0.3, -0.25) is 4.98 Å². The first-order chi connectivity index (χ1) is 33.7. The quantitative estimate of drug-likeness (QED) is 0.150. The normalized spacial score (nSPS) is 11.5. The van der Waals surface area contributed by atoms with Crippen molar-refractivity contribution in [3.05, 3.63) is 249 Å². The van der Waals surface area contributed by atoms with Gasteiger partial charge in [0.2, 0.25) is 0 Å². The molecule has 2 heterocycles. The standard InChI is InChI=1S/C65H41N3/c1-3-17-42(18-4-1)43-31-33-45(34-32-43)61-39-48(53-24-10-9-22-51(53)44-19-5-2-6-20-44)40-62(67-61)49-35-47(60-38-46-21-7-8-23-52(46)54-25-11-12-28-57(54)60)36-50(37-49)63-41-66-64-58-29-15-13-26-55(58)56-27-14-16-30-59(56)65(64)68-63/h1-41H. The van der Waals surface area contributed by atoms with Crippen LogP contribution < -0.4 is 0 Å². The van der Waals surface area contributed by atoms with E-state index in [-0.39, 0.29) is 0 Å². The van der Waals surface area contributed by atoms with Gasteiger partial charge in [0.1, 0.15) is 0 Å². The van der Waals surface area contributed by atoms with E-state index in [0.717, 1.165) is 89.0 Å². The average Bonchev–Trinajstić information content (AvgIpc) is 3.43. The Bertz CT molecular complexity index is 4030. The highest BCUT2D eigenvalue weighted by atomic mass is 14.8. The lowest BCUT2D eigenvalue weighted by Crippen LogP contribution is -1.96. The summed E-state index contributed by atoms with van der Waals surface area (Å²) in [5, 5.41) is 9.35. The summed E-state index contributed by atoms with van der Waals surface area (Å²) in [5.74, 6) is 0. The van der Waals surface area contributed by atoms with Crippen LogP contribution in [0.3, 0.4) is 0 Å². The molecule has 0 amide bonds. The Hall–Kier alpha value is -9.05. The van der Waals surface area contributed by atoms with Crippen LogP contribution in [0.1, 0.15) is 0 Å². The number of benzene rings is 11.